The van der Waals surface area contributed by atoms with Crippen molar-refractivity contribution in [3.05, 3.63) is 52.0 Å². The number of amides is 1. The SMILES string of the molecule is CCc1nc2ccc(C(=O)NCc3cccs3)cn2c1N(C)CC. The molecule has 1 amide bonds. The molecule has 0 radical (unpaired) electrons. The maximum Gasteiger partial charge on any atom is 0.253 e. The lowest BCUT2D eigenvalue weighted by molar-refractivity contribution is 0.0951. The molecule has 126 valence electrons. The third-order valence-electron chi connectivity index (χ3n) is 4.10. The number of imidazole rings is 1. The number of carbonyl (C=O) groups is 1. The first-order chi connectivity index (χ1) is 11.6. The number of carbonyl (C=O) groups excluding carboxylic acids is 1. The van der Waals surface area contributed by atoms with Crippen molar-refractivity contribution in [3.63, 3.8) is 0 Å². The summed E-state index contributed by atoms with van der Waals surface area (Å²) >= 11 is 1.64. The molecule has 0 atom stereocenters. The number of aryl methyl sites for hydroxylation is 1. The predicted octanol–water partition coefficient (Wildman–Crippen LogP) is 3.34. The Labute approximate surface area is 145 Å². The predicted molar refractivity (Wildman–Crippen MR) is 99.0 cm³/mol. The van der Waals surface area contributed by atoms with Gasteiger partial charge in [0.15, 0.2) is 0 Å². The van der Waals surface area contributed by atoms with Crippen LogP contribution in [0.3, 0.4) is 0 Å². The minimum Gasteiger partial charge on any atom is -0.360 e. The lowest BCUT2D eigenvalue weighted by Gasteiger charge is -2.18. The van der Waals surface area contributed by atoms with Crippen LogP contribution >= 0.6 is 11.3 Å². The maximum atomic E-state index is 12.5. The van der Waals surface area contributed by atoms with Gasteiger partial charge in [-0.3, -0.25) is 9.20 Å². The van der Waals surface area contributed by atoms with Crippen LogP contribution in [0.15, 0.2) is 35.8 Å². The van der Waals surface area contributed by atoms with E-state index in [2.05, 4.69) is 29.0 Å². The van der Waals surface area contributed by atoms with Crippen LogP contribution in [0.1, 0.15) is 34.8 Å². The Hall–Kier alpha value is -2.34. The van der Waals surface area contributed by atoms with Crippen LogP contribution in [-0.2, 0) is 13.0 Å². The van der Waals surface area contributed by atoms with Gasteiger partial charge in [0.25, 0.3) is 5.91 Å². The number of rotatable bonds is 6. The number of hydrogen-bond donors (Lipinski definition) is 1. The third kappa shape index (κ3) is 3.14. The fourth-order valence-corrected chi connectivity index (χ4v) is 3.33. The molecule has 0 aliphatic heterocycles. The summed E-state index contributed by atoms with van der Waals surface area (Å²) in [6.07, 6.45) is 2.74. The molecule has 0 aromatic carbocycles. The molecule has 1 N–H and O–H groups in total. The van der Waals surface area contributed by atoms with E-state index < -0.39 is 0 Å². The van der Waals surface area contributed by atoms with Gasteiger partial charge in [0, 0.05) is 24.7 Å². The molecule has 0 saturated heterocycles. The van der Waals surface area contributed by atoms with Gasteiger partial charge in [-0.15, -0.1) is 11.3 Å². The van der Waals surface area contributed by atoms with Crippen LogP contribution in [0.25, 0.3) is 5.65 Å². The first kappa shape index (κ1) is 16.5. The number of aromatic nitrogens is 2. The lowest BCUT2D eigenvalue weighted by Crippen LogP contribution is -2.23. The van der Waals surface area contributed by atoms with E-state index in [1.165, 1.54) is 0 Å². The van der Waals surface area contributed by atoms with E-state index >= 15 is 0 Å². The fraction of sp³-hybridized carbons (Fsp3) is 0.333. The molecule has 3 heterocycles. The molecule has 3 aromatic heterocycles. The van der Waals surface area contributed by atoms with E-state index in [9.17, 15) is 4.79 Å². The average molecular weight is 342 g/mol. The number of pyridine rings is 1. The summed E-state index contributed by atoms with van der Waals surface area (Å²) in [6, 6.07) is 7.75. The molecule has 3 aromatic rings. The van der Waals surface area contributed by atoms with Gasteiger partial charge in [-0.2, -0.15) is 0 Å². The van der Waals surface area contributed by atoms with Crippen molar-refractivity contribution in [2.45, 2.75) is 26.8 Å². The summed E-state index contributed by atoms with van der Waals surface area (Å²) in [6.45, 7) is 5.65. The van der Waals surface area contributed by atoms with Crippen molar-refractivity contribution in [2.24, 2.45) is 0 Å². The van der Waals surface area contributed by atoms with Crippen LogP contribution in [0, 0.1) is 0 Å². The summed E-state index contributed by atoms with van der Waals surface area (Å²) in [5.41, 5.74) is 2.57. The van der Waals surface area contributed by atoms with Crippen LogP contribution in [0.4, 0.5) is 5.82 Å². The fourth-order valence-electron chi connectivity index (χ4n) is 2.69. The largest absolute Gasteiger partial charge is 0.360 e. The second kappa shape index (κ2) is 7.05. The number of anilines is 1. The van der Waals surface area contributed by atoms with Crippen LogP contribution in [0.2, 0.25) is 0 Å². The maximum absolute atomic E-state index is 12.5. The summed E-state index contributed by atoms with van der Waals surface area (Å²) in [7, 11) is 2.05. The van der Waals surface area contributed by atoms with Gasteiger partial charge < -0.3 is 10.2 Å². The van der Waals surface area contributed by atoms with Crippen molar-refractivity contribution in [1.29, 1.82) is 0 Å². The molecule has 0 aliphatic rings. The quantitative estimate of drug-likeness (QED) is 0.747. The normalized spacial score (nSPS) is 11.0. The second-order valence-electron chi connectivity index (χ2n) is 5.66. The number of fused-ring (bicyclic) bond motifs is 1. The molecular weight excluding hydrogens is 320 g/mol. The van der Waals surface area contributed by atoms with Crippen LogP contribution in [-0.4, -0.2) is 28.9 Å². The van der Waals surface area contributed by atoms with E-state index in [0.717, 1.165) is 35.0 Å². The van der Waals surface area contributed by atoms with Gasteiger partial charge in [0.1, 0.15) is 11.5 Å². The minimum atomic E-state index is -0.0675. The Balaban J connectivity index is 1.90. The zero-order valence-electron chi connectivity index (χ0n) is 14.2. The van der Waals surface area contributed by atoms with Gasteiger partial charge >= 0.3 is 0 Å². The number of hydrogen-bond acceptors (Lipinski definition) is 4. The van der Waals surface area contributed by atoms with Crippen molar-refractivity contribution >= 4 is 28.7 Å². The summed E-state index contributed by atoms with van der Waals surface area (Å²) < 4.78 is 2.02. The first-order valence-corrected chi connectivity index (χ1v) is 9.04. The van der Waals surface area contributed by atoms with E-state index in [4.69, 9.17) is 0 Å². The summed E-state index contributed by atoms with van der Waals surface area (Å²) in [5, 5.41) is 4.99. The highest BCUT2D eigenvalue weighted by Crippen LogP contribution is 2.23. The van der Waals surface area contributed by atoms with Gasteiger partial charge in [-0.05, 0) is 36.9 Å². The Morgan fingerprint density at radius 3 is 2.83 bits per heavy atom. The highest BCUT2D eigenvalue weighted by Gasteiger charge is 2.15. The molecule has 0 bridgehead atoms. The number of nitrogens with one attached hydrogen (secondary N) is 1. The molecule has 0 fully saturated rings. The molecule has 0 aliphatic carbocycles. The Bertz CT molecular complexity index is 838. The average Bonchev–Trinajstić information content (AvgIpc) is 3.25. The third-order valence-corrected chi connectivity index (χ3v) is 4.98. The van der Waals surface area contributed by atoms with Gasteiger partial charge in [0.05, 0.1) is 17.8 Å². The molecule has 0 saturated carbocycles. The van der Waals surface area contributed by atoms with Crippen molar-refractivity contribution in [2.75, 3.05) is 18.5 Å². The molecule has 0 unspecified atom stereocenters. The second-order valence-corrected chi connectivity index (χ2v) is 6.69. The minimum absolute atomic E-state index is 0.0675. The highest BCUT2D eigenvalue weighted by atomic mass is 32.1. The molecule has 0 spiro atoms. The number of thiophene rings is 1. The molecule has 6 heteroatoms. The van der Waals surface area contributed by atoms with Crippen LogP contribution < -0.4 is 10.2 Å². The lowest BCUT2D eigenvalue weighted by atomic mass is 10.2. The van der Waals surface area contributed by atoms with E-state index in [1.807, 2.05) is 47.3 Å². The summed E-state index contributed by atoms with van der Waals surface area (Å²) in [4.78, 5) is 20.4. The highest BCUT2D eigenvalue weighted by molar-refractivity contribution is 7.09. The van der Waals surface area contributed by atoms with Gasteiger partial charge in [-0.1, -0.05) is 13.0 Å². The first-order valence-electron chi connectivity index (χ1n) is 8.16. The Morgan fingerprint density at radius 2 is 2.17 bits per heavy atom. The van der Waals surface area contributed by atoms with Gasteiger partial charge in [-0.25, -0.2) is 4.98 Å². The van der Waals surface area contributed by atoms with E-state index in [0.29, 0.717) is 12.1 Å². The van der Waals surface area contributed by atoms with E-state index in [1.54, 1.807) is 11.3 Å². The van der Waals surface area contributed by atoms with Crippen LogP contribution in [0.5, 0.6) is 0 Å². The monoisotopic (exact) mass is 342 g/mol. The standard InChI is InChI=1S/C18H22N4OS/c1-4-15-18(21(3)5-2)22-12-13(8-9-16(22)20-15)17(23)19-11-14-7-6-10-24-14/h6-10,12H,4-5,11H2,1-3H3,(H,19,23). The topological polar surface area (TPSA) is 49.6 Å². The summed E-state index contributed by atoms with van der Waals surface area (Å²) in [5.74, 6) is 0.991. The number of nitrogens with zero attached hydrogens (tertiary/aromatic N) is 3. The Morgan fingerprint density at radius 1 is 1.33 bits per heavy atom. The van der Waals surface area contributed by atoms with E-state index in [-0.39, 0.29) is 5.91 Å². The van der Waals surface area contributed by atoms with Crippen molar-refractivity contribution in [3.8, 4) is 0 Å². The smallest absolute Gasteiger partial charge is 0.253 e. The molecular formula is C18H22N4OS. The molecule has 5 nitrogen and oxygen atoms in total. The molecule has 24 heavy (non-hydrogen) atoms. The van der Waals surface area contributed by atoms with Crippen molar-refractivity contribution < 1.29 is 4.79 Å². The zero-order valence-corrected chi connectivity index (χ0v) is 15.1. The Kier molecular flexibility index (Phi) is 4.85. The molecule has 3 rings (SSSR count). The van der Waals surface area contributed by atoms with Gasteiger partial charge in [0.2, 0.25) is 0 Å². The zero-order chi connectivity index (χ0) is 17.1. The van der Waals surface area contributed by atoms with Crippen molar-refractivity contribution in [1.82, 2.24) is 14.7 Å².